The highest BCUT2D eigenvalue weighted by Gasteiger charge is 2.13. The molecule has 0 spiro atoms. The summed E-state index contributed by atoms with van der Waals surface area (Å²) in [5.41, 5.74) is 2.08. The van der Waals surface area contributed by atoms with Crippen LogP contribution in [-0.4, -0.2) is 21.7 Å². The van der Waals surface area contributed by atoms with Gasteiger partial charge in [-0.25, -0.2) is 9.89 Å². The second-order valence-electron chi connectivity index (χ2n) is 4.35. The van der Waals surface area contributed by atoms with E-state index in [4.69, 9.17) is 0 Å². The average molecular weight is 259 g/mol. The fourth-order valence-electron chi connectivity index (χ4n) is 2.21. The van der Waals surface area contributed by atoms with Crippen LogP contribution in [0.5, 0.6) is 0 Å². The molecule has 0 amide bonds. The Labute approximate surface area is 108 Å². The Morgan fingerprint density at radius 3 is 3.00 bits per heavy atom. The van der Waals surface area contributed by atoms with Gasteiger partial charge in [-0.2, -0.15) is 0 Å². The summed E-state index contributed by atoms with van der Waals surface area (Å²) in [6.45, 7) is 1.72. The van der Waals surface area contributed by atoms with Crippen molar-refractivity contribution in [3.05, 3.63) is 50.2 Å². The van der Waals surface area contributed by atoms with Crippen molar-refractivity contribution in [2.75, 3.05) is 11.9 Å². The molecule has 0 bridgehead atoms. The van der Waals surface area contributed by atoms with Gasteiger partial charge >= 0.3 is 5.69 Å². The first-order valence-corrected chi connectivity index (χ1v) is 6.01. The number of H-pyrrole nitrogens is 2. The van der Waals surface area contributed by atoms with Crippen molar-refractivity contribution in [2.45, 2.75) is 13.0 Å². The maximum absolute atomic E-state index is 11.6. The number of nitrogens with one attached hydrogen (secondary N) is 4. The lowest BCUT2D eigenvalue weighted by atomic mass is 9.99. The topological polar surface area (TPSA) is 103 Å². The molecule has 0 atom stereocenters. The third-order valence-corrected chi connectivity index (χ3v) is 3.10. The maximum atomic E-state index is 11.6. The van der Waals surface area contributed by atoms with E-state index in [-0.39, 0.29) is 5.82 Å². The summed E-state index contributed by atoms with van der Waals surface area (Å²) < 4.78 is 0. The molecule has 1 aliphatic rings. The minimum Gasteiger partial charge on any atom is -0.334 e. The number of hydrogen-bond donors (Lipinski definition) is 4. The Balaban J connectivity index is 1.99. The SMILES string of the molecule is O=c1[nH]nc(Nc2cccc3c2CCNC3)c(=O)[nH]1. The van der Waals surface area contributed by atoms with Gasteiger partial charge in [0.1, 0.15) is 0 Å². The van der Waals surface area contributed by atoms with Gasteiger partial charge in [-0.3, -0.25) is 9.78 Å². The fraction of sp³-hybridized carbons (Fsp3) is 0.250. The summed E-state index contributed by atoms with van der Waals surface area (Å²) in [7, 11) is 0. The molecule has 3 rings (SSSR count). The van der Waals surface area contributed by atoms with Crippen LogP contribution in [0.4, 0.5) is 11.5 Å². The first kappa shape index (κ1) is 11.7. The second kappa shape index (κ2) is 4.69. The van der Waals surface area contributed by atoms with E-state index < -0.39 is 11.2 Å². The number of nitrogens with zero attached hydrogens (tertiary/aromatic N) is 1. The van der Waals surface area contributed by atoms with Crippen LogP contribution in [0.15, 0.2) is 27.8 Å². The number of hydrogen-bond acceptors (Lipinski definition) is 5. The van der Waals surface area contributed by atoms with Crippen molar-refractivity contribution in [3.8, 4) is 0 Å². The highest BCUT2D eigenvalue weighted by molar-refractivity contribution is 5.62. The molecule has 0 saturated heterocycles. The van der Waals surface area contributed by atoms with Crippen LogP contribution in [0, 0.1) is 0 Å². The number of benzene rings is 1. The van der Waals surface area contributed by atoms with Gasteiger partial charge in [0.25, 0.3) is 5.56 Å². The molecular formula is C12H13N5O2. The third kappa shape index (κ3) is 2.27. The monoisotopic (exact) mass is 259 g/mol. The third-order valence-electron chi connectivity index (χ3n) is 3.10. The van der Waals surface area contributed by atoms with Gasteiger partial charge in [-0.1, -0.05) is 12.1 Å². The summed E-state index contributed by atoms with van der Waals surface area (Å²) in [6, 6.07) is 5.88. The molecule has 7 heteroatoms. The van der Waals surface area contributed by atoms with Crippen LogP contribution in [0.25, 0.3) is 0 Å². The van der Waals surface area contributed by atoms with E-state index in [2.05, 4.69) is 31.9 Å². The summed E-state index contributed by atoms with van der Waals surface area (Å²) in [6.07, 6.45) is 0.889. The Bertz CT molecular complexity index is 719. The number of anilines is 2. The van der Waals surface area contributed by atoms with Gasteiger partial charge in [-0.05, 0) is 30.2 Å². The molecule has 0 unspecified atom stereocenters. The zero-order chi connectivity index (χ0) is 13.2. The standard InChI is InChI=1S/C12H13N5O2/c18-11-10(16-17-12(19)15-11)14-9-3-1-2-7-6-13-5-4-8(7)9/h1-3,13H,4-6H2,(H,14,16)(H2,15,17,18,19). The predicted octanol–water partition coefficient (Wildman–Crippen LogP) is -0.153. The van der Waals surface area contributed by atoms with E-state index in [1.807, 2.05) is 12.1 Å². The molecule has 19 heavy (non-hydrogen) atoms. The lowest BCUT2D eigenvalue weighted by Gasteiger charge is -2.20. The second-order valence-corrected chi connectivity index (χ2v) is 4.35. The van der Waals surface area contributed by atoms with Crippen molar-refractivity contribution >= 4 is 11.5 Å². The first-order chi connectivity index (χ1) is 9.24. The van der Waals surface area contributed by atoms with E-state index in [9.17, 15) is 9.59 Å². The van der Waals surface area contributed by atoms with Crippen LogP contribution < -0.4 is 21.9 Å². The van der Waals surface area contributed by atoms with Crippen molar-refractivity contribution in [3.63, 3.8) is 0 Å². The number of fused-ring (bicyclic) bond motifs is 1. The molecule has 0 radical (unpaired) electrons. The van der Waals surface area contributed by atoms with Gasteiger partial charge in [0.05, 0.1) is 0 Å². The highest BCUT2D eigenvalue weighted by Crippen LogP contribution is 2.24. The van der Waals surface area contributed by atoms with Gasteiger partial charge in [-0.15, -0.1) is 5.10 Å². The fourth-order valence-corrected chi connectivity index (χ4v) is 2.21. The van der Waals surface area contributed by atoms with Gasteiger partial charge in [0, 0.05) is 12.2 Å². The van der Waals surface area contributed by atoms with Crippen LogP contribution >= 0.6 is 0 Å². The molecule has 2 aromatic rings. The molecule has 1 aromatic carbocycles. The zero-order valence-corrected chi connectivity index (χ0v) is 10.1. The summed E-state index contributed by atoms with van der Waals surface area (Å²) in [5.74, 6) is 0.0894. The highest BCUT2D eigenvalue weighted by atomic mass is 16.2. The van der Waals surface area contributed by atoms with Gasteiger partial charge in [0.2, 0.25) is 5.82 Å². The Morgan fingerprint density at radius 2 is 2.16 bits per heavy atom. The minimum absolute atomic E-state index is 0.0894. The van der Waals surface area contributed by atoms with Crippen molar-refractivity contribution < 1.29 is 0 Å². The number of rotatable bonds is 2. The van der Waals surface area contributed by atoms with Crippen molar-refractivity contribution in [1.82, 2.24) is 20.5 Å². The van der Waals surface area contributed by atoms with E-state index in [1.54, 1.807) is 0 Å². The average Bonchev–Trinajstić information content (AvgIpc) is 2.42. The maximum Gasteiger partial charge on any atom is 0.342 e. The van der Waals surface area contributed by atoms with Gasteiger partial charge in [0.15, 0.2) is 0 Å². The van der Waals surface area contributed by atoms with E-state index in [1.165, 1.54) is 11.1 Å². The summed E-state index contributed by atoms with van der Waals surface area (Å²) in [5, 5.41) is 12.2. The Hall–Kier alpha value is -2.41. The normalized spacial score (nSPS) is 13.9. The molecule has 1 aromatic heterocycles. The molecule has 1 aliphatic heterocycles. The predicted molar refractivity (Wildman–Crippen MR) is 70.6 cm³/mol. The molecule has 0 fully saturated rings. The van der Waals surface area contributed by atoms with Gasteiger partial charge < -0.3 is 10.6 Å². The van der Waals surface area contributed by atoms with Crippen LogP contribution in [0.3, 0.4) is 0 Å². The molecule has 2 heterocycles. The number of aromatic nitrogens is 3. The molecule has 98 valence electrons. The molecule has 0 saturated carbocycles. The van der Waals surface area contributed by atoms with Crippen molar-refractivity contribution in [1.29, 1.82) is 0 Å². The largest absolute Gasteiger partial charge is 0.342 e. The summed E-state index contributed by atoms with van der Waals surface area (Å²) >= 11 is 0. The Kier molecular flexibility index (Phi) is 2.88. The lowest BCUT2D eigenvalue weighted by Crippen LogP contribution is -2.27. The first-order valence-electron chi connectivity index (χ1n) is 6.01. The molecule has 7 nitrogen and oxygen atoms in total. The molecular weight excluding hydrogens is 246 g/mol. The quantitative estimate of drug-likeness (QED) is 0.600. The zero-order valence-electron chi connectivity index (χ0n) is 10.1. The molecule has 0 aliphatic carbocycles. The van der Waals surface area contributed by atoms with E-state index in [0.717, 1.165) is 25.2 Å². The van der Waals surface area contributed by atoms with Crippen molar-refractivity contribution in [2.24, 2.45) is 0 Å². The van der Waals surface area contributed by atoms with E-state index >= 15 is 0 Å². The van der Waals surface area contributed by atoms with Crippen LogP contribution in [0.2, 0.25) is 0 Å². The molecule has 4 N–H and O–H groups in total. The lowest BCUT2D eigenvalue weighted by molar-refractivity contribution is 0.645. The van der Waals surface area contributed by atoms with Crippen LogP contribution in [-0.2, 0) is 13.0 Å². The Morgan fingerprint density at radius 1 is 1.26 bits per heavy atom. The minimum atomic E-state index is -0.616. The number of aromatic amines is 2. The summed E-state index contributed by atoms with van der Waals surface area (Å²) in [4.78, 5) is 24.7. The smallest absolute Gasteiger partial charge is 0.334 e. The van der Waals surface area contributed by atoms with E-state index in [0.29, 0.717) is 0 Å². The van der Waals surface area contributed by atoms with Crippen LogP contribution in [0.1, 0.15) is 11.1 Å².